The van der Waals surface area contributed by atoms with Gasteiger partial charge in [-0.1, -0.05) is 30.3 Å². The maximum Gasteiger partial charge on any atom is 0.191 e. The zero-order valence-corrected chi connectivity index (χ0v) is 18.4. The smallest absolute Gasteiger partial charge is 0.191 e. The van der Waals surface area contributed by atoms with Gasteiger partial charge in [0.1, 0.15) is 0 Å². The van der Waals surface area contributed by atoms with E-state index in [0.717, 1.165) is 50.9 Å². The molecule has 7 heteroatoms. The Labute approximate surface area is 174 Å². The quantitative estimate of drug-likeness (QED) is 0.343. The van der Waals surface area contributed by atoms with Crippen LogP contribution in [0.5, 0.6) is 0 Å². The van der Waals surface area contributed by atoms with Gasteiger partial charge in [0.05, 0.1) is 25.9 Å². The number of halogens is 1. The van der Waals surface area contributed by atoms with Crippen LogP contribution in [0.25, 0.3) is 0 Å². The second kappa shape index (κ2) is 13.3. The molecule has 26 heavy (non-hydrogen) atoms. The number of ether oxygens (including phenoxy) is 2. The lowest BCUT2D eigenvalue weighted by Crippen LogP contribution is -2.45. The summed E-state index contributed by atoms with van der Waals surface area (Å²) in [6.07, 6.45) is 0.00160. The van der Waals surface area contributed by atoms with E-state index in [-0.39, 0.29) is 30.1 Å². The number of aliphatic imine (C=N–C) groups is 1. The summed E-state index contributed by atoms with van der Waals surface area (Å²) in [5, 5.41) is 6.71. The van der Waals surface area contributed by atoms with E-state index in [1.807, 2.05) is 18.2 Å². The lowest BCUT2D eigenvalue weighted by Gasteiger charge is -2.31. The van der Waals surface area contributed by atoms with Gasteiger partial charge in [-0.25, -0.2) is 0 Å². The topological polar surface area (TPSA) is 58.1 Å². The minimum atomic E-state index is 0. The van der Waals surface area contributed by atoms with E-state index in [0.29, 0.717) is 12.6 Å². The summed E-state index contributed by atoms with van der Waals surface area (Å²) in [6.45, 7) is 10.2. The molecule has 2 unspecified atom stereocenters. The Kier molecular flexibility index (Phi) is 11.8. The molecule has 2 N–H and O–H groups in total. The summed E-state index contributed by atoms with van der Waals surface area (Å²) in [6, 6.07) is 10.7. The Morgan fingerprint density at radius 2 is 1.92 bits per heavy atom. The van der Waals surface area contributed by atoms with Crippen LogP contribution in [0.3, 0.4) is 0 Å². The van der Waals surface area contributed by atoms with Gasteiger partial charge in [-0.3, -0.25) is 9.89 Å². The Balaban J connectivity index is 0.00000338. The fourth-order valence-electron chi connectivity index (χ4n) is 2.89. The largest absolute Gasteiger partial charge is 0.379 e. The highest BCUT2D eigenvalue weighted by molar-refractivity contribution is 14.0. The molecule has 2 rings (SSSR count). The average molecular weight is 476 g/mol. The first-order valence-corrected chi connectivity index (χ1v) is 9.16. The summed E-state index contributed by atoms with van der Waals surface area (Å²) in [5.74, 6) is 0.834. The lowest BCUT2D eigenvalue weighted by molar-refractivity contribution is 0.0220. The van der Waals surface area contributed by atoms with Gasteiger partial charge in [-0.05, 0) is 19.4 Å². The number of hydrogen-bond acceptors (Lipinski definition) is 4. The predicted octanol–water partition coefficient (Wildman–Crippen LogP) is 2.27. The average Bonchev–Trinajstić information content (AvgIpc) is 2.67. The standard InChI is InChI=1S/C19H32N4O2.HI/c1-4-20-19(21-14-16(2)23-10-12-25-13-11-23)22-15-18(24-3)17-8-6-5-7-9-17;/h5-9,16,18H,4,10-15H2,1-3H3,(H2,20,21,22);1H. The fourth-order valence-corrected chi connectivity index (χ4v) is 2.89. The van der Waals surface area contributed by atoms with E-state index >= 15 is 0 Å². The molecular weight excluding hydrogens is 443 g/mol. The molecule has 1 heterocycles. The molecule has 148 valence electrons. The minimum absolute atomic E-state index is 0. The van der Waals surface area contributed by atoms with Crippen LogP contribution in [0, 0.1) is 0 Å². The van der Waals surface area contributed by atoms with Crippen molar-refractivity contribution in [3.63, 3.8) is 0 Å². The van der Waals surface area contributed by atoms with E-state index in [2.05, 4.69) is 41.5 Å². The van der Waals surface area contributed by atoms with Crippen LogP contribution in [0.15, 0.2) is 35.3 Å². The molecule has 0 aliphatic carbocycles. The van der Waals surface area contributed by atoms with Gasteiger partial charge >= 0.3 is 0 Å². The first-order valence-electron chi connectivity index (χ1n) is 9.16. The van der Waals surface area contributed by atoms with Crippen LogP contribution in [0.1, 0.15) is 25.5 Å². The summed E-state index contributed by atoms with van der Waals surface area (Å²) in [4.78, 5) is 7.17. The Hall–Kier alpha value is -0.900. The molecular formula is C19H33IN4O2. The molecule has 0 aromatic heterocycles. The number of rotatable bonds is 8. The summed E-state index contributed by atoms with van der Waals surface area (Å²) in [5.41, 5.74) is 1.16. The molecule has 1 aliphatic rings. The Morgan fingerprint density at radius 1 is 1.23 bits per heavy atom. The van der Waals surface area contributed by atoms with E-state index in [4.69, 9.17) is 14.5 Å². The number of nitrogens with zero attached hydrogens (tertiary/aromatic N) is 2. The van der Waals surface area contributed by atoms with E-state index in [1.165, 1.54) is 0 Å². The van der Waals surface area contributed by atoms with Crippen molar-refractivity contribution in [3.8, 4) is 0 Å². The number of nitrogens with one attached hydrogen (secondary N) is 2. The van der Waals surface area contributed by atoms with Crippen molar-refractivity contribution in [3.05, 3.63) is 35.9 Å². The zero-order chi connectivity index (χ0) is 17.9. The second-order valence-electron chi connectivity index (χ2n) is 6.23. The van der Waals surface area contributed by atoms with Gasteiger partial charge in [0.25, 0.3) is 0 Å². The summed E-state index contributed by atoms with van der Waals surface area (Å²) >= 11 is 0. The van der Waals surface area contributed by atoms with E-state index in [9.17, 15) is 0 Å². The monoisotopic (exact) mass is 476 g/mol. The molecule has 0 amide bonds. The third-order valence-corrected chi connectivity index (χ3v) is 4.44. The lowest BCUT2D eigenvalue weighted by atomic mass is 10.1. The number of hydrogen-bond donors (Lipinski definition) is 2. The van der Waals surface area contributed by atoms with Gasteiger partial charge in [0.15, 0.2) is 5.96 Å². The molecule has 1 fully saturated rings. The van der Waals surface area contributed by atoms with E-state index < -0.39 is 0 Å². The van der Waals surface area contributed by atoms with Gasteiger partial charge in [-0.2, -0.15) is 0 Å². The molecule has 0 bridgehead atoms. The maximum atomic E-state index is 5.62. The molecule has 1 aliphatic heterocycles. The molecule has 0 radical (unpaired) electrons. The van der Waals surface area contributed by atoms with Crippen molar-refractivity contribution in [2.24, 2.45) is 4.99 Å². The number of guanidine groups is 1. The van der Waals surface area contributed by atoms with Crippen molar-refractivity contribution < 1.29 is 9.47 Å². The van der Waals surface area contributed by atoms with Crippen LogP contribution in [0.2, 0.25) is 0 Å². The highest BCUT2D eigenvalue weighted by Crippen LogP contribution is 2.14. The van der Waals surface area contributed by atoms with Crippen LogP contribution in [0.4, 0.5) is 0 Å². The van der Waals surface area contributed by atoms with Crippen LogP contribution < -0.4 is 10.6 Å². The third kappa shape index (κ3) is 7.77. The summed E-state index contributed by atoms with van der Waals surface area (Å²) in [7, 11) is 1.74. The molecule has 1 aromatic rings. The molecule has 1 saturated heterocycles. The molecule has 6 nitrogen and oxygen atoms in total. The van der Waals surface area contributed by atoms with Gasteiger partial charge < -0.3 is 20.1 Å². The highest BCUT2D eigenvalue weighted by atomic mass is 127. The van der Waals surface area contributed by atoms with Gasteiger partial charge in [0, 0.05) is 39.3 Å². The minimum Gasteiger partial charge on any atom is -0.379 e. The maximum absolute atomic E-state index is 5.62. The predicted molar refractivity (Wildman–Crippen MR) is 117 cm³/mol. The first kappa shape index (κ1) is 23.1. The Bertz CT molecular complexity index is 510. The fraction of sp³-hybridized carbons (Fsp3) is 0.632. The molecule has 2 atom stereocenters. The van der Waals surface area contributed by atoms with Gasteiger partial charge in [-0.15, -0.1) is 24.0 Å². The summed E-state index contributed by atoms with van der Waals surface area (Å²) < 4.78 is 11.0. The highest BCUT2D eigenvalue weighted by Gasteiger charge is 2.17. The Morgan fingerprint density at radius 3 is 2.54 bits per heavy atom. The number of morpholine rings is 1. The second-order valence-corrected chi connectivity index (χ2v) is 6.23. The van der Waals surface area contributed by atoms with Crippen molar-refractivity contribution in [1.82, 2.24) is 15.5 Å². The van der Waals surface area contributed by atoms with Crippen LogP contribution >= 0.6 is 24.0 Å². The molecule has 0 saturated carbocycles. The van der Waals surface area contributed by atoms with Crippen molar-refractivity contribution in [2.75, 3.05) is 53.0 Å². The van der Waals surface area contributed by atoms with Crippen molar-refractivity contribution in [1.29, 1.82) is 0 Å². The van der Waals surface area contributed by atoms with Gasteiger partial charge in [0.2, 0.25) is 0 Å². The van der Waals surface area contributed by atoms with Crippen LogP contribution in [-0.4, -0.2) is 69.9 Å². The normalized spacial score (nSPS) is 17.9. The van der Waals surface area contributed by atoms with Crippen molar-refractivity contribution in [2.45, 2.75) is 26.0 Å². The number of benzene rings is 1. The number of methoxy groups -OCH3 is 1. The van der Waals surface area contributed by atoms with Crippen molar-refractivity contribution >= 4 is 29.9 Å². The van der Waals surface area contributed by atoms with E-state index in [1.54, 1.807) is 7.11 Å². The first-order chi connectivity index (χ1) is 12.2. The zero-order valence-electron chi connectivity index (χ0n) is 16.1. The molecule has 1 aromatic carbocycles. The SMILES string of the molecule is CCNC(=NCC(C)N1CCOCC1)NCC(OC)c1ccccc1.I. The third-order valence-electron chi connectivity index (χ3n) is 4.44. The molecule has 0 spiro atoms. The van der Waals surface area contributed by atoms with Crippen LogP contribution in [-0.2, 0) is 9.47 Å².